The molecule has 0 aliphatic carbocycles. The number of carbonyl (C=O) groups is 4. The van der Waals surface area contributed by atoms with Gasteiger partial charge in [0.15, 0.2) is 11.6 Å². The van der Waals surface area contributed by atoms with Crippen LogP contribution in [-0.2, 0) is 32.4 Å². The summed E-state index contributed by atoms with van der Waals surface area (Å²) in [5.74, 6) is -1.30. The van der Waals surface area contributed by atoms with Crippen molar-refractivity contribution in [3.8, 4) is 0 Å². The van der Waals surface area contributed by atoms with Gasteiger partial charge in [0.2, 0.25) is 0 Å². The third kappa shape index (κ3) is 6.47. The maximum Gasteiger partial charge on any atom is 0.331 e. The van der Waals surface area contributed by atoms with E-state index in [1.54, 1.807) is 38.1 Å². The van der Waals surface area contributed by atoms with Gasteiger partial charge in [0.05, 0.1) is 11.4 Å². The number of ketones is 2. The van der Waals surface area contributed by atoms with Crippen LogP contribution in [0.15, 0.2) is 107 Å². The van der Waals surface area contributed by atoms with Gasteiger partial charge >= 0.3 is 11.9 Å². The Morgan fingerprint density at radius 2 is 0.722 bits per heavy atom. The first-order valence-corrected chi connectivity index (χ1v) is 17.8. The van der Waals surface area contributed by atoms with Crippen molar-refractivity contribution in [3.05, 3.63) is 130 Å². The number of nitrogens with zero attached hydrogens (tertiary/aromatic N) is 4. The lowest BCUT2D eigenvalue weighted by molar-refractivity contribution is -0.141. The standard InChI is InChI=1S/C44H38N4O6/c1-7-47-39-17-13-31(25(3)45-53-27(5)49)21-35(39)37-23-33(15-19-41(37)47)43(51)29-9-11-30(12-10-29)44(52)34-16-20-42-38(24-34)36-22-32(26(4)46-54-28(6)50)14-18-40(36)48(42)8-2/h9-24H,7-8H2,1-6H3/b45-25-,46-26-. The molecule has 0 aliphatic rings. The van der Waals surface area contributed by atoms with Crippen molar-refractivity contribution in [2.75, 3.05) is 0 Å². The monoisotopic (exact) mass is 718 g/mol. The molecule has 0 radical (unpaired) electrons. The summed E-state index contributed by atoms with van der Waals surface area (Å²) in [6, 6.07) is 30.1. The number of aryl methyl sites for hydroxylation is 2. The minimum Gasteiger partial charge on any atom is -0.341 e. The number of carbonyl (C=O) groups excluding carboxylic acids is 4. The van der Waals surface area contributed by atoms with E-state index in [2.05, 4.69) is 33.3 Å². The van der Waals surface area contributed by atoms with Gasteiger partial charge in [-0.25, -0.2) is 9.59 Å². The second-order valence-electron chi connectivity index (χ2n) is 13.2. The summed E-state index contributed by atoms with van der Waals surface area (Å²) in [5.41, 5.74) is 8.75. The Hall–Kier alpha value is -6.68. The van der Waals surface area contributed by atoms with Gasteiger partial charge in [-0.2, -0.15) is 0 Å². The molecule has 2 heterocycles. The Bertz CT molecular complexity index is 2560. The van der Waals surface area contributed by atoms with Crippen LogP contribution in [-0.4, -0.2) is 44.1 Å². The lowest BCUT2D eigenvalue weighted by atomic mass is 9.97. The Balaban J connectivity index is 1.19. The summed E-state index contributed by atoms with van der Waals surface area (Å²) < 4.78 is 4.39. The largest absolute Gasteiger partial charge is 0.341 e. The molecule has 10 nitrogen and oxygen atoms in total. The zero-order valence-electron chi connectivity index (χ0n) is 30.9. The summed E-state index contributed by atoms with van der Waals surface area (Å²) >= 11 is 0. The lowest BCUT2D eigenvalue weighted by Gasteiger charge is -2.07. The van der Waals surface area contributed by atoms with E-state index in [0.717, 1.165) is 67.8 Å². The van der Waals surface area contributed by atoms with Crippen LogP contribution in [0.5, 0.6) is 0 Å². The van der Waals surface area contributed by atoms with Gasteiger partial charge in [-0.1, -0.05) is 46.7 Å². The van der Waals surface area contributed by atoms with Crippen molar-refractivity contribution < 1.29 is 28.9 Å². The molecule has 0 atom stereocenters. The first kappa shape index (κ1) is 35.7. The second kappa shape index (κ2) is 14.4. The van der Waals surface area contributed by atoms with E-state index in [1.807, 2.05) is 72.8 Å². The van der Waals surface area contributed by atoms with Crippen molar-refractivity contribution >= 4 is 78.5 Å². The Kier molecular flexibility index (Phi) is 9.51. The number of fused-ring (bicyclic) bond motifs is 6. The van der Waals surface area contributed by atoms with Gasteiger partial charge in [-0.05, 0) is 99.5 Å². The Morgan fingerprint density at radius 1 is 0.444 bits per heavy atom. The number of aromatic nitrogens is 2. The summed E-state index contributed by atoms with van der Waals surface area (Å²) in [4.78, 5) is 60.0. The SMILES string of the molecule is CCn1c2ccc(C(=O)c3ccc(C(=O)c4ccc5c(c4)c4cc(/C(C)=N\OC(C)=O)ccc4n5CC)cc3)cc2c2cc(/C(C)=N\OC(C)=O)ccc21. The summed E-state index contributed by atoms with van der Waals surface area (Å²) in [7, 11) is 0. The fourth-order valence-electron chi connectivity index (χ4n) is 7.10. The first-order valence-electron chi connectivity index (χ1n) is 17.8. The zero-order valence-corrected chi connectivity index (χ0v) is 30.9. The molecule has 0 fully saturated rings. The van der Waals surface area contributed by atoms with Crippen LogP contribution >= 0.6 is 0 Å². The molecule has 0 unspecified atom stereocenters. The van der Waals surface area contributed by atoms with Gasteiger partial charge < -0.3 is 18.8 Å². The van der Waals surface area contributed by atoms with Crippen molar-refractivity contribution in [1.29, 1.82) is 0 Å². The van der Waals surface area contributed by atoms with Crippen molar-refractivity contribution in [2.45, 2.75) is 54.6 Å². The minimum atomic E-state index is -0.493. The fraction of sp³-hybridized carbons (Fsp3) is 0.182. The molecule has 7 aromatic rings. The van der Waals surface area contributed by atoms with E-state index in [1.165, 1.54) is 13.8 Å². The summed E-state index contributed by atoms with van der Waals surface area (Å²) in [5, 5.41) is 11.6. The molecule has 0 spiro atoms. The minimum absolute atomic E-state index is 0.158. The van der Waals surface area contributed by atoms with Gasteiger partial charge in [0.1, 0.15) is 0 Å². The van der Waals surface area contributed by atoms with Gasteiger partial charge in [-0.15, -0.1) is 0 Å². The number of benzene rings is 5. The summed E-state index contributed by atoms with van der Waals surface area (Å²) in [6.07, 6.45) is 0. The third-order valence-corrected chi connectivity index (χ3v) is 9.75. The molecule has 0 amide bonds. The van der Waals surface area contributed by atoms with Gasteiger partial charge in [0, 0.05) is 92.8 Å². The van der Waals surface area contributed by atoms with E-state index in [0.29, 0.717) is 33.7 Å². The van der Waals surface area contributed by atoms with Gasteiger partial charge in [0.25, 0.3) is 0 Å². The average Bonchev–Trinajstić information content (AvgIpc) is 3.68. The molecule has 54 heavy (non-hydrogen) atoms. The molecule has 0 N–H and O–H groups in total. The highest BCUT2D eigenvalue weighted by molar-refractivity contribution is 6.18. The summed E-state index contributed by atoms with van der Waals surface area (Å²) in [6.45, 7) is 11.8. The van der Waals surface area contributed by atoms with Crippen LogP contribution in [0.4, 0.5) is 0 Å². The van der Waals surface area contributed by atoms with Crippen LogP contribution in [0.3, 0.4) is 0 Å². The first-order chi connectivity index (χ1) is 26.0. The molecular weight excluding hydrogens is 681 g/mol. The van der Waals surface area contributed by atoms with Crippen LogP contribution in [0, 0.1) is 0 Å². The van der Waals surface area contributed by atoms with Crippen LogP contribution in [0.25, 0.3) is 43.6 Å². The molecule has 7 rings (SSSR count). The van der Waals surface area contributed by atoms with Crippen molar-refractivity contribution in [3.63, 3.8) is 0 Å². The zero-order chi connectivity index (χ0) is 38.3. The average molecular weight is 719 g/mol. The topological polar surface area (TPSA) is 121 Å². The van der Waals surface area contributed by atoms with Crippen molar-refractivity contribution in [2.24, 2.45) is 10.3 Å². The lowest BCUT2D eigenvalue weighted by Crippen LogP contribution is -2.05. The number of oxime groups is 2. The highest BCUT2D eigenvalue weighted by Crippen LogP contribution is 2.33. The maximum atomic E-state index is 13.8. The quantitative estimate of drug-likeness (QED) is 0.0603. The van der Waals surface area contributed by atoms with E-state index >= 15 is 0 Å². The van der Waals surface area contributed by atoms with Crippen molar-refractivity contribution in [1.82, 2.24) is 9.13 Å². The molecule has 0 saturated carbocycles. The van der Waals surface area contributed by atoms with E-state index in [-0.39, 0.29) is 11.6 Å². The molecule has 2 aromatic heterocycles. The molecule has 0 bridgehead atoms. The highest BCUT2D eigenvalue weighted by Gasteiger charge is 2.19. The number of hydrogen-bond donors (Lipinski definition) is 0. The Morgan fingerprint density at radius 3 is 1.02 bits per heavy atom. The van der Waals surface area contributed by atoms with Crippen LogP contribution in [0.2, 0.25) is 0 Å². The van der Waals surface area contributed by atoms with Crippen LogP contribution < -0.4 is 0 Å². The molecule has 10 heteroatoms. The molecule has 0 saturated heterocycles. The smallest absolute Gasteiger partial charge is 0.331 e. The molecule has 270 valence electrons. The van der Waals surface area contributed by atoms with Crippen LogP contribution in [0.1, 0.15) is 84.5 Å². The van der Waals surface area contributed by atoms with E-state index in [4.69, 9.17) is 9.68 Å². The van der Waals surface area contributed by atoms with Gasteiger partial charge in [-0.3, -0.25) is 9.59 Å². The molecular formula is C44H38N4O6. The number of hydrogen-bond acceptors (Lipinski definition) is 8. The Labute approximate surface area is 311 Å². The fourth-order valence-corrected chi connectivity index (χ4v) is 7.10. The van der Waals surface area contributed by atoms with E-state index in [9.17, 15) is 19.2 Å². The third-order valence-electron chi connectivity index (χ3n) is 9.75. The number of rotatable bonds is 10. The maximum absolute atomic E-state index is 13.8. The predicted octanol–water partition coefficient (Wildman–Crippen LogP) is 8.98. The molecule has 0 aliphatic heterocycles. The van der Waals surface area contributed by atoms with E-state index < -0.39 is 11.9 Å². The predicted molar refractivity (Wildman–Crippen MR) is 211 cm³/mol. The highest BCUT2D eigenvalue weighted by atomic mass is 16.7. The normalized spacial score (nSPS) is 12.2. The second-order valence-corrected chi connectivity index (χ2v) is 13.2. The molecule has 5 aromatic carbocycles.